The lowest BCUT2D eigenvalue weighted by atomic mass is 9.95. The summed E-state index contributed by atoms with van der Waals surface area (Å²) < 4.78 is 48.2. The molecule has 0 aliphatic heterocycles. The van der Waals surface area contributed by atoms with Crippen LogP contribution in [0.4, 0.5) is 30.0 Å². The van der Waals surface area contributed by atoms with Gasteiger partial charge in [0.25, 0.3) is 6.01 Å². The summed E-state index contributed by atoms with van der Waals surface area (Å²) in [4.78, 5) is 44.7. The van der Waals surface area contributed by atoms with Crippen LogP contribution in [-0.2, 0) is 15.8 Å². The van der Waals surface area contributed by atoms with Crippen LogP contribution in [0.1, 0.15) is 69.6 Å². The highest BCUT2D eigenvalue weighted by Crippen LogP contribution is 2.30. The number of halogens is 3. The van der Waals surface area contributed by atoms with Crippen LogP contribution in [0.15, 0.2) is 119 Å². The Morgan fingerprint density at radius 2 is 1.55 bits per heavy atom. The van der Waals surface area contributed by atoms with Gasteiger partial charge in [-0.15, -0.1) is 11.3 Å². The van der Waals surface area contributed by atoms with E-state index in [-0.39, 0.29) is 42.7 Å². The molecule has 2 aromatic heterocycles. The van der Waals surface area contributed by atoms with Crippen LogP contribution in [0, 0.1) is 13.8 Å². The lowest BCUT2D eigenvalue weighted by Gasteiger charge is -2.17. The fraction of sp³-hybridized carbons (Fsp3) is 0.233. The van der Waals surface area contributed by atoms with Crippen molar-refractivity contribution in [3.05, 3.63) is 154 Å². The summed E-state index contributed by atoms with van der Waals surface area (Å²) >= 11 is 1.37. The molecule has 3 unspecified atom stereocenters. The summed E-state index contributed by atoms with van der Waals surface area (Å²) in [6, 6.07) is 28.2. The van der Waals surface area contributed by atoms with Crippen molar-refractivity contribution in [1.29, 1.82) is 0 Å². The predicted molar refractivity (Wildman–Crippen MR) is 216 cm³/mol. The molecule has 2 heterocycles. The number of thiazole rings is 1. The number of hydrogen-bond acceptors (Lipinski definition) is 10. The van der Waals surface area contributed by atoms with Crippen LogP contribution in [0.5, 0.6) is 5.75 Å². The van der Waals surface area contributed by atoms with E-state index in [1.165, 1.54) is 11.3 Å². The Kier molecular flexibility index (Phi) is 14.5. The van der Waals surface area contributed by atoms with Crippen molar-refractivity contribution < 1.29 is 41.8 Å². The van der Waals surface area contributed by atoms with Gasteiger partial charge in [0, 0.05) is 34.9 Å². The summed E-state index contributed by atoms with van der Waals surface area (Å²) in [5.41, 5.74) is 4.25. The molecule has 3 atom stereocenters. The number of aliphatic hydroxyl groups is 1. The molecule has 0 aliphatic rings. The van der Waals surface area contributed by atoms with Gasteiger partial charge in [0.1, 0.15) is 24.7 Å². The van der Waals surface area contributed by atoms with E-state index in [9.17, 15) is 32.7 Å². The fourth-order valence-electron chi connectivity index (χ4n) is 5.37. The van der Waals surface area contributed by atoms with Crippen molar-refractivity contribution in [3.8, 4) is 5.75 Å². The van der Waals surface area contributed by atoms with Crippen molar-refractivity contribution in [2.24, 2.45) is 0 Å². The molecule has 2 amide bonds. The lowest BCUT2D eigenvalue weighted by Crippen LogP contribution is -2.37. The molecule has 0 bridgehead atoms. The third kappa shape index (κ3) is 12.1. The van der Waals surface area contributed by atoms with Crippen LogP contribution in [0.2, 0.25) is 0 Å². The van der Waals surface area contributed by atoms with Gasteiger partial charge in [0.05, 0.1) is 11.8 Å². The Labute approximate surface area is 337 Å². The molecule has 6 rings (SSSR count). The molecular formula is C43H42F3N5O6S. The van der Waals surface area contributed by atoms with E-state index < -0.39 is 23.9 Å². The van der Waals surface area contributed by atoms with Crippen molar-refractivity contribution in [1.82, 2.24) is 15.3 Å². The number of carbonyl (C=O) groups is 3. The Hall–Kier alpha value is -6.32. The zero-order valence-corrected chi connectivity index (χ0v) is 32.9. The third-order valence-corrected chi connectivity index (χ3v) is 9.71. The summed E-state index contributed by atoms with van der Waals surface area (Å²) in [7, 11) is 0. The average molecular weight is 814 g/mol. The smallest absolute Gasteiger partial charge is 0.436 e. The largest absolute Gasteiger partial charge is 0.491 e. The van der Waals surface area contributed by atoms with E-state index in [4.69, 9.17) is 9.15 Å². The van der Waals surface area contributed by atoms with Crippen molar-refractivity contribution in [2.45, 2.75) is 51.8 Å². The zero-order valence-electron chi connectivity index (χ0n) is 32.0. The van der Waals surface area contributed by atoms with Gasteiger partial charge in [-0.05, 0) is 80.3 Å². The predicted octanol–water partition coefficient (Wildman–Crippen LogP) is 8.83. The number of nitrogens with zero attached hydrogens (tertiary/aromatic N) is 2. The normalized spacial score (nSPS) is 12.6. The van der Waals surface area contributed by atoms with E-state index in [1.807, 2.05) is 63.2 Å². The van der Waals surface area contributed by atoms with Gasteiger partial charge in [-0.2, -0.15) is 18.2 Å². The Bertz CT molecular complexity index is 2280. The summed E-state index contributed by atoms with van der Waals surface area (Å²) in [5, 5.41) is 20.6. The van der Waals surface area contributed by atoms with Crippen molar-refractivity contribution >= 4 is 45.8 Å². The number of benzene rings is 4. The van der Waals surface area contributed by atoms with Gasteiger partial charge in [0.2, 0.25) is 11.8 Å². The van der Waals surface area contributed by atoms with Crippen LogP contribution in [0.25, 0.3) is 0 Å². The number of amides is 2. The third-order valence-electron chi connectivity index (χ3n) is 9.02. The number of oxazole rings is 1. The van der Waals surface area contributed by atoms with E-state index >= 15 is 0 Å². The topological polar surface area (TPSA) is 156 Å². The molecule has 4 N–H and O–H groups in total. The number of nitrogens with one attached hydrogen (secondary N) is 3. The first-order chi connectivity index (χ1) is 27.7. The van der Waals surface area contributed by atoms with Gasteiger partial charge in [-0.3, -0.25) is 14.4 Å². The maximum atomic E-state index is 12.6. The molecule has 58 heavy (non-hydrogen) atoms. The highest BCUT2D eigenvalue weighted by molar-refractivity contribution is 7.13. The number of aromatic nitrogens is 2. The fourth-order valence-corrected chi connectivity index (χ4v) is 5.91. The molecule has 0 aliphatic carbocycles. The van der Waals surface area contributed by atoms with Gasteiger partial charge in [-0.1, -0.05) is 66.7 Å². The Morgan fingerprint density at radius 1 is 0.845 bits per heavy atom. The standard InChI is InChI=1S/C24H26F3N3O4.C19H16N2O2S/c1-14-4-9-20(10-15(14)2)33-12-19(31)11-28-22(32)16(3)17-5-7-18(8-6-17)29-23-30-21(13-34-23)24(25,26)27;1-13(18(23)21-19-20-10-11-24-19)15-8-5-9-16(12-15)17(22)14-6-3-2-4-7-14/h4-10,13,16,19,31H,11-12H2,1-3H3,(H,28,32)(H,29,30);2-13H,1H3,(H,20,21,23). The number of ketones is 1. The molecular weight excluding hydrogens is 772 g/mol. The van der Waals surface area contributed by atoms with Crippen LogP contribution in [-0.4, -0.2) is 51.9 Å². The van der Waals surface area contributed by atoms with E-state index in [2.05, 4.69) is 25.9 Å². The minimum atomic E-state index is -4.59. The molecule has 15 heteroatoms. The number of rotatable bonds is 14. The van der Waals surface area contributed by atoms with Gasteiger partial charge in [-0.25, -0.2) is 4.98 Å². The second-order valence-corrected chi connectivity index (χ2v) is 14.2. The highest BCUT2D eigenvalue weighted by Gasteiger charge is 2.35. The number of alkyl halides is 3. The number of aryl methyl sites for hydroxylation is 2. The molecule has 6 aromatic rings. The number of aliphatic hydroxyl groups excluding tert-OH is 1. The monoisotopic (exact) mass is 813 g/mol. The van der Waals surface area contributed by atoms with Crippen molar-refractivity contribution in [2.75, 3.05) is 23.8 Å². The summed E-state index contributed by atoms with van der Waals surface area (Å²) in [6.45, 7) is 7.56. The van der Waals surface area contributed by atoms with Crippen LogP contribution in [0.3, 0.4) is 0 Å². The quantitative estimate of drug-likeness (QED) is 0.0790. The number of anilines is 3. The molecule has 0 spiro atoms. The number of ether oxygens (including phenoxy) is 1. The lowest BCUT2D eigenvalue weighted by molar-refractivity contribution is -0.141. The minimum Gasteiger partial charge on any atom is -0.491 e. The van der Waals surface area contributed by atoms with Crippen LogP contribution < -0.4 is 20.7 Å². The molecule has 0 fully saturated rings. The summed E-state index contributed by atoms with van der Waals surface area (Å²) in [6.07, 6.45) is -3.30. The molecule has 302 valence electrons. The van der Waals surface area contributed by atoms with E-state index in [1.54, 1.807) is 73.1 Å². The molecule has 11 nitrogen and oxygen atoms in total. The first-order valence-electron chi connectivity index (χ1n) is 18.1. The second kappa shape index (κ2) is 19.7. The average Bonchev–Trinajstić information content (AvgIpc) is 3.93. The molecule has 0 radical (unpaired) electrons. The van der Waals surface area contributed by atoms with E-state index in [0.717, 1.165) is 16.7 Å². The minimum absolute atomic E-state index is 0.0271. The first-order valence-corrected chi connectivity index (χ1v) is 19.0. The van der Waals surface area contributed by atoms with Gasteiger partial charge >= 0.3 is 6.18 Å². The van der Waals surface area contributed by atoms with Crippen LogP contribution >= 0.6 is 11.3 Å². The molecule has 0 saturated carbocycles. The second-order valence-electron chi connectivity index (χ2n) is 13.3. The van der Waals surface area contributed by atoms with Gasteiger partial charge < -0.3 is 30.2 Å². The zero-order chi connectivity index (χ0) is 41.8. The maximum Gasteiger partial charge on any atom is 0.436 e. The number of carbonyl (C=O) groups excluding carboxylic acids is 3. The van der Waals surface area contributed by atoms with Gasteiger partial charge in [0.15, 0.2) is 16.6 Å². The maximum absolute atomic E-state index is 12.6. The Morgan fingerprint density at radius 3 is 2.21 bits per heavy atom. The first kappa shape index (κ1) is 42.8. The van der Waals surface area contributed by atoms with E-state index in [0.29, 0.717) is 39.5 Å². The highest BCUT2D eigenvalue weighted by atomic mass is 32.1. The Balaban J connectivity index is 0.000000234. The molecule has 0 saturated heterocycles. The SMILES string of the molecule is CC(C(=O)Nc1nccs1)c1cccc(C(=O)c2ccccc2)c1.Cc1ccc(OCC(O)CNC(=O)C(C)c2ccc(Nc3nc(C(F)(F)F)co3)cc2)cc1C. The van der Waals surface area contributed by atoms with Crippen molar-refractivity contribution in [3.63, 3.8) is 0 Å². The molecule has 4 aromatic carbocycles. The summed E-state index contributed by atoms with van der Waals surface area (Å²) in [5.74, 6) is -0.722. The number of hydrogen-bond donors (Lipinski definition) is 4.